The summed E-state index contributed by atoms with van der Waals surface area (Å²) in [6, 6.07) is 9.84. The van der Waals surface area contributed by atoms with Gasteiger partial charge < -0.3 is 5.11 Å². The molecule has 0 spiro atoms. The molecule has 0 radical (unpaired) electrons. The van der Waals surface area contributed by atoms with Gasteiger partial charge in [-0.25, -0.2) is 0 Å². The molecule has 1 heterocycles. The Balaban J connectivity index is 2.25. The van der Waals surface area contributed by atoms with Crippen molar-refractivity contribution in [2.75, 3.05) is 0 Å². The van der Waals surface area contributed by atoms with Gasteiger partial charge in [0.15, 0.2) is 0 Å². The van der Waals surface area contributed by atoms with Gasteiger partial charge in [-0.2, -0.15) is 0 Å². The first kappa shape index (κ1) is 13.5. The molecule has 1 aromatic carbocycles. The lowest BCUT2D eigenvalue weighted by Gasteiger charge is -2.24. The molecular weight excluding hydrogens is 240 g/mol. The maximum absolute atomic E-state index is 11.3. The van der Waals surface area contributed by atoms with Crippen molar-refractivity contribution in [2.45, 2.75) is 32.4 Å². The van der Waals surface area contributed by atoms with Gasteiger partial charge in [-0.3, -0.25) is 15.1 Å². The Morgan fingerprint density at radius 2 is 2.11 bits per heavy atom. The molecule has 2 N–H and O–H groups in total. The summed E-state index contributed by atoms with van der Waals surface area (Å²) < 4.78 is 0. The minimum atomic E-state index is -0.906. The number of hydrogen-bond acceptors (Lipinski definition) is 3. The fourth-order valence-electron chi connectivity index (χ4n) is 1.95. The summed E-state index contributed by atoms with van der Waals surface area (Å²) in [7, 11) is 0. The molecule has 100 valence electrons. The van der Waals surface area contributed by atoms with E-state index in [1.54, 1.807) is 13.1 Å². The maximum atomic E-state index is 11.3. The number of nitrogens with zero attached hydrogens (tertiary/aromatic N) is 1. The van der Waals surface area contributed by atoms with Crippen LogP contribution in [0.25, 0.3) is 10.9 Å². The molecule has 0 saturated carbocycles. The molecule has 0 saturated heterocycles. The van der Waals surface area contributed by atoms with Crippen molar-refractivity contribution in [3.8, 4) is 0 Å². The van der Waals surface area contributed by atoms with Crippen LogP contribution < -0.4 is 5.32 Å². The summed E-state index contributed by atoms with van der Waals surface area (Å²) in [5.74, 6) is -0.830. The first-order chi connectivity index (χ1) is 9.07. The zero-order valence-electron chi connectivity index (χ0n) is 11.2. The number of carbonyl (C=O) groups is 1. The molecule has 1 unspecified atom stereocenters. The maximum Gasteiger partial charge on any atom is 0.323 e. The zero-order chi connectivity index (χ0) is 13.9. The number of pyridine rings is 1. The second-order valence-electron chi connectivity index (χ2n) is 4.84. The number of rotatable bonds is 5. The van der Waals surface area contributed by atoms with Crippen LogP contribution in [0.5, 0.6) is 0 Å². The van der Waals surface area contributed by atoms with Crippen LogP contribution in [0, 0.1) is 0 Å². The highest BCUT2D eigenvalue weighted by Gasteiger charge is 2.30. The minimum Gasteiger partial charge on any atom is -0.480 e. The van der Waals surface area contributed by atoms with E-state index >= 15 is 0 Å². The molecule has 4 nitrogen and oxygen atoms in total. The van der Waals surface area contributed by atoms with Crippen LogP contribution in [0.1, 0.15) is 25.8 Å². The molecule has 0 bridgehead atoms. The van der Waals surface area contributed by atoms with Crippen molar-refractivity contribution in [3.05, 3.63) is 42.1 Å². The molecule has 2 aromatic rings. The predicted octanol–water partition coefficient (Wildman–Crippen LogP) is 2.58. The van der Waals surface area contributed by atoms with E-state index < -0.39 is 11.5 Å². The normalized spacial score (nSPS) is 14.2. The molecule has 19 heavy (non-hydrogen) atoms. The topological polar surface area (TPSA) is 62.2 Å². The molecular formula is C15H18N2O2. The Hall–Kier alpha value is -1.94. The number of carboxylic acid groups (broad SMARTS) is 1. The molecule has 4 heteroatoms. The van der Waals surface area contributed by atoms with Crippen LogP contribution in [0.15, 0.2) is 36.5 Å². The summed E-state index contributed by atoms with van der Waals surface area (Å²) in [4.78, 5) is 15.6. The number of carboxylic acids is 1. The van der Waals surface area contributed by atoms with E-state index in [9.17, 15) is 9.90 Å². The third kappa shape index (κ3) is 2.74. The van der Waals surface area contributed by atoms with Crippen LogP contribution in [-0.4, -0.2) is 21.6 Å². The molecule has 1 atom stereocenters. The second kappa shape index (κ2) is 5.36. The summed E-state index contributed by atoms with van der Waals surface area (Å²) in [5, 5.41) is 13.4. The van der Waals surface area contributed by atoms with Crippen molar-refractivity contribution in [1.82, 2.24) is 10.3 Å². The van der Waals surface area contributed by atoms with E-state index in [1.165, 1.54) is 0 Å². The summed E-state index contributed by atoms with van der Waals surface area (Å²) in [6.07, 6.45) is 2.28. The van der Waals surface area contributed by atoms with Gasteiger partial charge in [0.05, 0.1) is 5.52 Å². The average molecular weight is 258 g/mol. The van der Waals surface area contributed by atoms with Gasteiger partial charge >= 0.3 is 5.97 Å². The largest absolute Gasteiger partial charge is 0.480 e. The Morgan fingerprint density at radius 3 is 2.79 bits per heavy atom. The van der Waals surface area contributed by atoms with Crippen molar-refractivity contribution in [3.63, 3.8) is 0 Å². The number of fused-ring (bicyclic) bond motifs is 1. The van der Waals surface area contributed by atoms with E-state index in [0.29, 0.717) is 13.0 Å². The lowest BCUT2D eigenvalue weighted by Crippen LogP contribution is -2.48. The first-order valence-corrected chi connectivity index (χ1v) is 6.38. The molecule has 2 rings (SSSR count). The van der Waals surface area contributed by atoms with E-state index in [1.807, 2.05) is 37.3 Å². The average Bonchev–Trinajstić information content (AvgIpc) is 2.44. The zero-order valence-corrected chi connectivity index (χ0v) is 11.2. The van der Waals surface area contributed by atoms with E-state index in [4.69, 9.17) is 0 Å². The van der Waals surface area contributed by atoms with Gasteiger partial charge in [-0.1, -0.05) is 31.2 Å². The Labute approximate surface area is 112 Å². The highest BCUT2D eigenvalue weighted by atomic mass is 16.4. The lowest BCUT2D eigenvalue weighted by molar-refractivity contribution is -0.144. The van der Waals surface area contributed by atoms with Gasteiger partial charge in [0, 0.05) is 18.1 Å². The molecule has 0 aliphatic heterocycles. The van der Waals surface area contributed by atoms with Crippen LogP contribution in [0.2, 0.25) is 0 Å². The number of nitrogens with one attached hydrogen (secondary N) is 1. The quantitative estimate of drug-likeness (QED) is 0.865. The molecule has 0 amide bonds. The number of benzene rings is 1. The van der Waals surface area contributed by atoms with Gasteiger partial charge in [0.25, 0.3) is 0 Å². The lowest BCUT2D eigenvalue weighted by atomic mass is 9.98. The predicted molar refractivity (Wildman–Crippen MR) is 74.9 cm³/mol. The van der Waals surface area contributed by atoms with Crippen molar-refractivity contribution in [1.29, 1.82) is 0 Å². The molecule has 0 fully saturated rings. The molecule has 0 aliphatic carbocycles. The third-order valence-electron chi connectivity index (χ3n) is 3.56. The second-order valence-corrected chi connectivity index (χ2v) is 4.84. The van der Waals surface area contributed by atoms with Crippen LogP contribution in [0.3, 0.4) is 0 Å². The highest BCUT2D eigenvalue weighted by Crippen LogP contribution is 2.17. The van der Waals surface area contributed by atoms with E-state index in [0.717, 1.165) is 16.5 Å². The monoisotopic (exact) mass is 258 g/mol. The van der Waals surface area contributed by atoms with Crippen LogP contribution in [0.4, 0.5) is 0 Å². The fourth-order valence-corrected chi connectivity index (χ4v) is 1.95. The molecule has 1 aromatic heterocycles. The molecule has 0 aliphatic rings. The SMILES string of the molecule is CCC(C)(NCc1cccc2cccnc12)C(=O)O. The first-order valence-electron chi connectivity index (χ1n) is 6.38. The Kier molecular flexibility index (Phi) is 3.81. The highest BCUT2D eigenvalue weighted by molar-refractivity contribution is 5.82. The number of aliphatic carboxylic acids is 1. The number of para-hydroxylation sites is 1. The van der Waals surface area contributed by atoms with E-state index in [2.05, 4.69) is 10.3 Å². The van der Waals surface area contributed by atoms with Gasteiger partial charge in [-0.15, -0.1) is 0 Å². The van der Waals surface area contributed by atoms with Crippen molar-refractivity contribution in [2.24, 2.45) is 0 Å². The Bertz CT molecular complexity index is 592. The van der Waals surface area contributed by atoms with E-state index in [-0.39, 0.29) is 0 Å². The Morgan fingerprint density at radius 1 is 1.37 bits per heavy atom. The van der Waals surface area contributed by atoms with Crippen LogP contribution in [-0.2, 0) is 11.3 Å². The fraction of sp³-hybridized carbons (Fsp3) is 0.333. The van der Waals surface area contributed by atoms with Gasteiger partial charge in [0.2, 0.25) is 0 Å². The summed E-state index contributed by atoms with van der Waals surface area (Å²) >= 11 is 0. The minimum absolute atomic E-state index is 0.491. The number of aromatic nitrogens is 1. The summed E-state index contributed by atoms with van der Waals surface area (Å²) in [6.45, 7) is 4.06. The standard InChI is InChI=1S/C15H18N2O2/c1-3-15(2,14(18)19)17-10-12-7-4-6-11-8-5-9-16-13(11)12/h4-9,17H,3,10H2,1-2H3,(H,18,19). The van der Waals surface area contributed by atoms with Crippen molar-refractivity contribution >= 4 is 16.9 Å². The van der Waals surface area contributed by atoms with Gasteiger partial charge in [0.1, 0.15) is 5.54 Å². The smallest absolute Gasteiger partial charge is 0.323 e. The van der Waals surface area contributed by atoms with Crippen molar-refractivity contribution < 1.29 is 9.90 Å². The van der Waals surface area contributed by atoms with Gasteiger partial charge in [-0.05, 0) is 25.0 Å². The van der Waals surface area contributed by atoms with Crippen LogP contribution >= 0.6 is 0 Å². The summed E-state index contributed by atoms with van der Waals surface area (Å²) in [5.41, 5.74) is 1.03. The third-order valence-corrected chi connectivity index (χ3v) is 3.56. The number of hydrogen-bond donors (Lipinski definition) is 2.